The van der Waals surface area contributed by atoms with Crippen molar-refractivity contribution in [2.45, 2.75) is 19.0 Å². The van der Waals surface area contributed by atoms with Crippen molar-refractivity contribution >= 4 is 23.2 Å². The Hall–Kier alpha value is -4.09. The van der Waals surface area contributed by atoms with Crippen LogP contribution in [-0.4, -0.2) is 37.4 Å². The number of hydrogen-bond acceptors (Lipinski definition) is 6. The standard InChI is InChI=1S/C20H16F3N7O2/c1-10-6-16(28-27-10)25-17-14-7-11(15-8-24-19(31)32-15)9-30(14)29-18(26-17)20(22,23)12-2-4-13(21)5-3-12/h2-7,9,15H,8H2,1H3,(H,24,31)(H2,25,26,27,28,29). The molecular weight excluding hydrogens is 427 g/mol. The second-order valence-electron chi connectivity index (χ2n) is 7.30. The number of halogens is 3. The molecule has 4 heterocycles. The maximum Gasteiger partial charge on any atom is 0.407 e. The molecule has 4 aromatic rings. The number of aryl methyl sites for hydroxylation is 1. The van der Waals surface area contributed by atoms with Crippen LogP contribution in [0.25, 0.3) is 5.52 Å². The number of nitrogens with zero attached hydrogens (tertiary/aromatic N) is 4. The third kappa shape index (κ3) is 3.49. The lowest BCUT2D eigenvalue weighted by Crippen LogP contribution is -2.21. The maximum atomic E-state index is 15.2. The average molecular weight is 443 g/mol. The Kier molecular flexibility index (Phi) is 4.50. The molecule has 0 spiro atoms. The van der Waals surface area contributed by atoms with E-state index < -0.39 is 35.3 Å². The van der Waals surface area contributed by atoms with Crippen molar-refractivity contribution in [2.24, 2.45) is 0 Å². The number of ether oxygens (including phenoxy) is 1. The van der Waals surface area contributed by atoms with Gasteiger partial charge < -0.3 is 15.4 Å². The van der Waals surface area contributed by atoms with Crippen LogP contribution in [-0.2, 0) is 10.7 Å². The number of anilines is 2. The van der Waals surface area contributed by atoms with Gasteiger partial charge in [-0.15, -0.1) is 5.10 Å². The number of nitrogens with one attached hydrogen (secondary N) is 3. The van der Waals surface area contributed by atoms with Crippen LogP contribution in [0.2, 0.25) is 0 Å². The fourth-order valence-electron chi connectivity index (χ4n) is 3.39. The highest BCUT2D eigenvalue weighted by Crippen LogP contribution is 2.35. The molecule has 1 amide bonds. The van der Waals surface area contributed by atoms with Gasteiger partial charge in [0.25, 0.3) is 0 Å². The summed E-state index contributed by atoms with van der Waals surface area (Å²) in [6.07, 6.45) is 0.337. The van der Waals surface area contributed by atoms with E-state index in [1.165, 1.54) is 10.7 Å². The number of amides is 1. The third-order valence-electron chi connectivity index (χ3n) is 4.98. The average Bonchev–Trinajstić information content (AvgIpc) is 3.48. The van der Waals surface area contributed by atoms with Gasteiger partial charge in [0.2, 0.25) is 5.82 Å². The predicted molar refractivity (Wildman–Crippen MR) is 106 cm³/mol. The van der Waals surface area contributed by atoms with Gasteiger partial charge in [0.05, 0.1) is 6.54 Å². The number of aromatic amines is 1. The zero-order valence-corrected chi connectivity index (χ0v) is 16.6. The number of H-pyrrole nitrogens is 1. The summed E-state index contributed by atoms with van der Waals surface area (Å²) in [6.45, 7) is 2.03. The summed E-state index contributed by atoms with van der Waals surface area (Å²) in [7, 11) is 0. The summed E-state index contributed by atoms with van der Waals surface area (Å²) in [5.74, 6) is -4.59. The smallest absolute Gasteiger partial charge is 0.407 e. The number of rotatable bonds is 5. The summed E-state index contributed by atoms with van der Waals surface area (Å²) in [4.78, 5) is 15.5. The van der Waals surface area contributed by atoms with Crippen molar-refractivity contribution in [3.63, 3.8) is 0 Å². The molecule has 12 heteroatoms. The molecule has 5 rings (SSSR count). The van der Waals surface area contributed by atoms with Gasteiger partial charge >= 0.3 is 12.0 Å². The molecule has 1 fully saturated rings. The van der Waals surface area contributed by atoms with Gasteiger partial charge in [0.15, 0.2) is 11.6 Å². The molecule has 32 heavy (non-hydrogen) atoms. The van der Waals surface area contributed by atoms with Crippen LogP contribution in [0.1, 0.15) is 28.7 Å². The van der Waals surface area contributed by atoms with E-state index in [2.05, 4.69) is 30.9 Å². The van der Waals surface area contributed by atoms with Crippen molar-refractivity contribution < 1.29 is 22.7 Å². The summed E-state index contributed by atoms with van der Waals surface area (Å²) in [6, 6.07) is 7.19. The molecule has 1 atom stereocenters. The van der Waals surface area contributed by atoms with E-state index in [1.54, 1.807) is 19.1 Å². The summed E-state index contributed by atoms with van der Waals surface area (Å²) in [5, 5.41) is 16.3. The number of cyclic esters (lactones) is 1. The van der Waals surface area contributed by atoms with Crippen LogP contribution in [0, 0.1) is 12.7 Å². The Morgan fingerprint density at radius 2 is 2.03 bits per heavy atom. The number of carbonyl (C=O) groups excluding carboxylic acids is 1. The highest BCUT2D eigenvalue weighted by molar-refractivity contribution is 5.74. The van der Waals surface area contributed by atoms with Gasteiger partial charge in [-0.05, 0) is 37.3 Å². The van der Waals surface area contributed by atoms with Crippen LogP contribution in [0.4, 0.5) is 29.6 Å². The molecule has 0 bridgehead atoms. The second-order valence-corrected chi connectivity index (χ2v) is 7.30. The number of alkyl carbamates (subject to hydrolysis) is 1. The fourth-order valence-corrected chi connectivity index (χ4v) is 3.39. The molecule has 1 aliphatic heterocycles. The van der Waals surface area contributed by atoms with Crippen LogP contribution in [0.5, 0.6) is 0 Å². The first-order chi connectivity index (χ1) is 15.3. The monoisotopic (exact) mass is 443 g/mol. The molecule has 1 aliphatic rings. The Balaban J connectivity index is 1.63. The number of carbonyl (C=O) groups is 1. The second kappa shape index (κ2) is 7.25. The molecule has 0 aliphatic carbocycles. The molecule has 164 valence electrons. The Morgan fingerprint density at radius 3 is 2.69 bits per heavy atom. The number of hydrogen-bond donors (Lipinski definition) is 3. The van der Waals surface area contributed by atoms with E-state index in [-0.39, 0.29) is 12.4 Å². The molecule has 0 radical (unpaired) electrons. The summed E-state index contributed by atoms with van der Waals surface area (Å²) >= 11 is 0. The van der Waals surface area contributed by atoms with E-state index in [1.807, 2.05) is 0 Å². The molecule has 3 N–H and O–H groups in total. The van der Waals surface area contributed by atoms with Crippen LogP contribution < -0.4 is 10.6 Å². The molecule has 1 aromatic carbocycles. The van der Waals surface area contributed by atoms with Crippen molar-refractivity contribution in [2.75, 3.05) is 11.9 Å². The molecule has 3 aromatic heterocycles. The lowest BCUT2D eigenvalue weighted by atomic mass is 10.1. The number of aromatic nitrogens is 5. The number of benzene rings is 1. The highest BCUT2D eigenvalue weighted by Gasteiger charge is 2.39. The first-order valence-corrected chi connectivity index (χ1v) is 9.58. The normalized spacial score (nSPS) is 16.2. The Labute approximate surface area is 178 Å². The maximum absolute atomic E-state index is 15.2. The SMILES string of the molecule is Cc1cc(Nc2nc(C(F)(F)c3ccc(F)cc3)nn3cc(C4CNC(=O)O4)cc23)n[nH]1. The minimum Gasteiger partial charge on any atom is -0.439 e. The van der Waals surface area contributed by atoms with Crippen molar-refractivity contribution in [1.82, 2.24) is 30.1 Å². The van der Waals surface area contributed by atoms with Gasteiger partial charge in [-0.2, -0.15) is 13.9 Å². The molecule has 1 unspecified atom stereocenters. The minimum absolute atomic E-state index is 0.0758. The van der Waals surface area contributed by atoms with E-state index >= 15 is 8.78 Å². The topological polar surface area (TPSA) is 109 Å². The van der Waals surface area contributed by atoms with Gasteiger partial charge in [-0.25, -0.2) is 18.7 Å². The first kappa shape index (κ1) is 19.8. The van der Waals surface area contributed by atoms with Crippen LogP contribution in [0.15, 0.2) is 42.6 Å². The van der Waals surface area contributed by atoms with Crippen LogP contribution in [0.3, 0.4) is 0 Å². The molecule has 9 nitrogen and oxygen atoms in total. The van der Waals surface area contributed by atoms with Gasteiger partial charge in [-0.1, -0.05) is 0 Å². The molecule has 1 saturated heterocycles. The molecular formula is C20H16F3N7O2. The summed E-state index contributed by atoms with van der Waals surface area (Å²) < 4.78 is 50.1. The predicted octanol–water partition coefficient (Wildman–Crippen LogP) is 3.56. The van der Waals surface area contributed by atoms with Gasteiger partial charge in [0, 0.05) is 29.1 Å². The largest absolute Gasteiger partial charge is 0.439 e. The lowest BCUT2D eigenvalue weighted by Gasteiger charge is -2.16. The van der Waals surface area contributed by atoms with E-state index in [0.29, 0.717) is 16.9 Å². The Morgan fingerprint density at radius 1 is 1.25 bits per heavy atom. The van der Waals surface area contributed by atoms with Crippen LogP contribution >= 0.6 is 0 Å². The third-order valence-corrected chi connectivity index (χ3v) is 4.98. The number of fused-ring (bicyclic) bond motifs is 1. The molecule has 0 saturated carbocycles. The Bertz CT molecular complexity index is 1320. The van der Waals surface area contributed by atoms with Crippen molar-refractivity contribution in [3.05, 3.63) is 71.1 Å². The van der Waals surface area contributed by atoms with Gasteiger partial charge in [0.1, 0.15) is 17.4 Å². The quantitative estimate of drug-likeness (QED) is 0.435. The van der Waals surface area contributed by atoms with Gasteiger partial charge in [-0.3, -0.25) is 5.10 Å². The first-order valence-electron chi connectivity index (χ1n) is 9.58. The zero-order chi connectivity index (χ0) is 22.5. The van der Waals surface area contributed by atoms with Crippen molar-refractivity contribution in [3.8, 4) is 0 Å². The van der Waals surface area contributed by atoms with E-state index in [9.17, 15) is 9.18 Å². The fraction of sp³-hybridized carbons (Fsp3) is 0.200. The van der Waals surface area contributed by atoms with E-state index in [0.717, 1.165) is 30.0 Å². The lowest BCUT2D eigenvalue weighted by molar-refractivity contribution is 0.0315. The highest BCUT2D eigenvalue weighted by atomic mass is 19.3. The minimum atomic E-state index is -3.61. The van der Waals surface area contributed by atoms with Crippen molar-refractivity contribution in [1.29, 1.82) is 0 Å². The zero-order valence-electron chi connectivity index (χ0n) is 16.6. The van der Waals surface area contributed by atoms with E-state index in [4.69, 9.17) is 4.74 Å². The summed E-state index contributed by atoms with van der Waals surface area (Å²) in [5.41, 5.74) is 1.24. The number of alkyl halides is 2.